The first kappa shape index (κ1) is 21.6. The van der Waals surface area contributed by atoms with Crippen molar-refractivity contribution in [1.82, 2.24) is 0 Å². The molecule has 3 aromatic rings. The third kappa shape index (κ3) is 6.47. The van der Waals surface area contributed by atoms with E-state index in [0.717, 1.165) is 8.66 Å². The van der Waals surface area contributed by atoms with Gasteiger partial charge in [-0.2, -0.15) is 0 Å². The fraction of sp³-hybridized carbons (Fsp3) is 0.0909. The predicted molar refractivity (Wildman–Crippen MR) is 123 cm³/mol. The van der Waals surface area contributed by atoms with Crippen LogP contribution in [0.15, 0.2) is 70.5 Å². The van der Waals surface area contributed by atoms with E-state index in [2.05, 4.69) is 26.6 Å². The molecule has 6 nitrogen and oxygen atoms in total. The normalized spacial score (nSPS) is 10.6. The number of anilines is 2. The number of rotatable bonds is 8. The second-order valence-electron chi connectivity index (χ2n) is 6.03. The van der Waals surface area contributed by atoms with Gasteiger partial charge in [0.25, 0.3) is 5.91 Å². The average molecular weight is 487 g/mol. The van der Waals surface area contributed by atoms with Crippen LogP contribution in [0, 0.1) is 0 Å². The van der Waals surface area contributed by atoms with Crippen LogP contribution < -0.4 is 20.1 Å². The number of carbonyl (C=O) groups excluding carboxylic acids is 2. The number of amides is 2. The van der Waals surface area contributed by atoms with Crippen LogP contribution in [0.25, 0.3) is 6.08 Å². The lowest BCUT2D eigenvalue weighted by Crippen LogP contribution is -2.20. The third-order valence-corrected chi connectivity index (χ3v) is 5.42. The highest BCUT2D eigenvalue weighted by Crippen LogP contribution is 2.26. The highest BCUT2D eigenvalue weighted by atomic mass is 79.9. The van der Waals surface area contributed by atoms with E-state index in [9.17, 15) is 9.59 Å². The standard InChI is InChI=1S/C22H19BrN2O4S/c1-28-18-7-2-3-8-19(18)29-14-22(27)25-16-6-4-5-15(13-16)24-21(26)12-10-17-9-11-20(23)30-17/h2-13H,14H2,1H3,(H,24,26)(H,25,27). The molecule has 0 aliphatic rings. The van der Waals surface area contributed by atoms with Crippen LogP contribution in [0.3, 0.4) is 0 Å². The monoisotopic (exact) mass is 486 g/mol. The molecular weight excluding hydrogens is 468 g/mol. The minimum Gasteiger partial charge on any atom is -0.493 e. The number of nitrogens with one attached hydrogen (secondary N) is 2. The highest BCUT2D eigenvalue weighted by molar-refractivity contribution is 9.11. The number of methoxy groups -OCH3 is 1. The molecule has 30 heavy (non-hydrogen) atoms. The van der Waals surface area contributed by atoms with Crippen molar-refractivity contribution < 1.29 is 19.1 Å². The molecule has 3 rings (SSSR count). The van der Waals surface area contributed by atoms with E-state index < -0.39 is 0 Å². The fourth-order valence-corrected chi connectivity index (χ4v) is 3.84. The van der Waals surface area contributed by atoms with E-state index >= 15 is 0 Å². The zero-order valence-electron chi connectivity index (χ0n) is 16.1. The van der Waals surface area contributed by atoms with Gasteiger partial charge in [-0.1, -0.05) is 18.2 Å². The van der Waals surface area contributed by atoms with Gasteiger partial charge in [-0.25, -0.2) is 0 Å². The Bertz CT molecular complexity index is 1060. The highest BCUT2D eigenvalue weighted by Gasteiger charge is 2.08. The zero-order chi connectivity index (χ0) is 21.3. The van der Waals surface area contributed by atoms with Gasteiger partial charge < -0.3 is 20.1 Å². The molecule has 0 aliphatic carbocycles. The summed E-state index contributed by atoms with van der Waals surface area (Å²) < 4.78 is 11.7. The molecule has 0 fully saturated rings. The summed E-state index contributed by atoms with van der Waals surface area (Å²) in [4.78, 5) is 25.3. The Morgan fingerprint density at radius 2 is 1.73 bits per heavy atom. The van der Waals surface area contributed by atoms with Gasteiger partial charge in [0.15, 0.2) is 18.1 Å². The predicted octanol–water partition coefficient (Wildman–Crippen LogP) is 5.19. The fourth-order valence-electron chi connectivity index (χ4n) is 2.51. The van der Waals surface area contributed by atoms with Crippen molar-refractivity contribution in [2.75, 3.05) is 24.4 Å². The molecular formula is C22H19BrN2O4S. The lowest BCUT2D eigenvalue weighted by atomic mass is 10.2. The van der Waals surface area contributed by atoms with Gasteiger partial charge in [0.2, 0.25) is 5.91 Å². The zero-order valence-corrected chi connectivity index (χ0v) is 18.5. The van der Waals surface area contributed by atoms with Crippen LogP contribution in [0.2, 0.25) is 0 Å². The molecule has 8 heteroatoms. The number of hydrogen-bond acceptors (Lipinski definition) is 5. The minimum atomic E-state index is -0.326. The smallest absolute Gasteiger partial charge is 0.262 e. The lowest BCUT2D eigenvalue weighted by Gasteiger charge is -2.11. The molecule has 0 bridgehead atoms. The summed E-state index contributed by atoms with van der Waals surface area (Å²) in [5, 5.41) is 5.52. The van der Waals surface area contributed by atoms with Crippen LogP contribution in [0.4, 0.5) is 11.4 Å². The van der Waals surface area contributed by atoms with E-state index in [4.69, 9.17) is 9.47 Å². The SMILES string of the molecule is COc1ccccc1OCC(=O)Nc1cccc(NC(=O)C=Cc2ccc(Br)s2)c1. The number of halogens is 1. The molecule has 2 N–H and O–H groups in total. The van der Waals surface area contributed by atoms with E-state index in [1.54, 1.807) is 48.5 Å². The molecule has 0 atom stereocenters. The Morgan fingerprint density at radius 3 is 2.43 bits per heavy atom. The Balaban J connectivity index is 1.53. The van der Waals surface area contributed by atoms with Gasteiger partial charge in [-0.3, -0.25) is 9.59 Å². The van der Waals surface area contributed by atoms with Gasteiger partial charge in [-0.15, -0.1) is 11.3 Å². The summed E-state index contributed by atoms with van der Waals surface area (Å²) in [6, 6.07) is 17.8. The van der Waals surface area contributed by atoms with Gasteiger partial charge >= 0.3 is 0 Å². The maximum atomic E-state index is 12.2. The summed E-state index contributed by atoms with van der Waals surface area (Å²) in [5.41, 5.74) is 1.12. The maximum Gasteiger partial charge on any atom is 0.262 e. The molecule has 2 amide bonds. The van der Waals surface area contributed by atoms with E-state index in [0.29, 0.717) is 22.9 Å². The number of carbonyl (C=O) groups is 2. The van der Waals surface area contributed by atoms with Crippen LogP contribution in [0.5, 0.6) is 11.5 Å². The molecule has 154 valence electrons. The average Bonchev–Trinajstić information content (AvgIpc) is 3.16. The first-order valence-corrected chi connectivity index (χ1v) is 10.5. The molecule has 0 saturated carbocycles. The molecule has 0 radical (unpaired) electrons. The molecule has 0 saturated heterocycles. The molecule has 0 aliphatic heterocycles. The van der Waals surface area contributed by atoms with Crippen LogP contribution >= 0.6 is 27.3 Å². The van der Waals surface area contributed by atoms with Crippen molar-refractivity contribution in [2.45, 2.75) is 0 Å². The Labute approximate surface area is 186 Å². The minimum absolute atomic E-state index is 0.171. The molecule has 2 aromatic carbocycles. The third-order valence-electron chi connectivity index (χ3n) is 3.83. The largest absolute Gasteiger partial charge is 0.493 e. The van der Waals surface area contributed by atoms with Crippen molar-refractivity contribution in [3.8, 4) is 11.5 Å². The summed E-state index contributed by atoms with van der Waals surface area (Å²) in [7, 11) is 1.54. The molecule has 0 unspecified atom stereocenters. The summed E-state index contributed by atoms with van der Waals surface area (Å²) in [6.45, 7) is -0.171. The summed E-state index contributed by atoms with van der Waals surface area (Å²) in [6.07, 6.45) is 3.20. The number of thiophene rings is 1. The topological polar surface area (TPSA) is 76.7 Å². The molecule has 1 heterocycles. The lowest BCUT2D eigenvalue weighted by molar-refractivity contribution is -0.118. The van der Waals surface area contributed by atoms with Crippen molar-refractivity contribution in [2.24, 2.45) is 0 Å². The molecule has 0 spiro atoms. The van der Waals surface area contributed by atoms with E-state index in [1.165, 1.54) is 24.5 Å². The van der Waals surface area contributed by atoms with E-state index in [1.807, 2.05) is 18.2 Å². The number of ether oxygens (including phenoxy) is 2. The first-order valence-electron chi connectivity index (χ1n) is 8.93. The second-order valence-corrected chi connectivity index (χ2v) is 8.53. The number of benzene rings is 2. The van der Waals surface area contributed by atoms with Crippen molar-refractivity contribution in [3.63, 3.8) is 0 Å². The molecule has 1 aromatic heterocycles. The number of hydrogen-bond donors (Lipinski definition) is 2. The van der Waals surface area contributed by atoms with Gasteiger partial charge in [0.1, 0.15) is 0 Å². The maximum absolute atomic E-state index is 12.2. The number of para-hydroxylation sites is 2. The van der Waals surface area contributed by atoms with Gasteiger partial charge in [0, 0.05) is 22.3 Å². The quantitative estimate of drug-likeness (QED) is 0.429. The Morgan fingerprint density at radius 1 is 1.00 bits per heavy atom. The van der Waals surface area contributed by atoms with Gasteiger partial charge in [-0.05, 0) is 64.5 Å². The second kappa shape index (κ2) is 10.6. The van der Waals surface area contributed by atoms with Crippen molar-refractivity contribution in [3.05, 3.63) is 75.4 Å². The van der Waals surface area contributed by atoms with Crippen LogP contribution in [-0.4, -0.2) is 25.5 Å². The summed E-state index contributed by atoms with van der Waals surface area (Å²) in [5.74, 6) is 0.453. The Kier molecular flexibility index (Phi) is 7.64. The van der Waals surface area contributed by atoms with Crippen molar-refractivity contribution in [1.29, 1.82) is 0 Å². The van der Waals surface area contributed by atoms with Gasteiger partial charge in [0.05, 0.1) is 10.9 Å². The summed E-state index contributed by atoms with van der Waals surface area (Å²) >= 11 is 4.92. The van der Waals surface area contributed by atoms with Crippen LogP contribution in [-0.2, 0) is 9.59 Å². The Hall–Kier alpha value is -3.10. The van der Waals surface area contributed by atoms with Crippen LogP contribution in [0.1, 0.15) is 4.88 Å². The van der Waals surface area contributed by atoms with Crippen molar-refractivity contribution >= 4 is 56.5 Å². The van der Waals surface area contributed by atoms with E-state index in [-0.39, 0.29) is 18.4 Å². The first-order chi connectivity index (χ1) is 14.5.